The number of aryl methyl sites for hydroxylation is 1. The maximum Gasteiger partial charge on any atom is 0.255 e. The molecule has 4 aromatic heterocycles. The Morgan fingerprint density at radius 2 is 2.06 bits per heavy atom. The second-order valence-electron chi connectivity index (χ2n) is 12.6. The zero-order chi connectivity index (χ0) is 35.1. The number of pyridine rings is 1. The maximum absolute atomic E-state index is 14.7. The number of nitriles is 1. The number of fused-ring (bicyclic) bond motifs is 2. The SMILES string of the molecule is Cc1n[nH]c2c(F)cc(C(=O)Nc3ccc4c(c3)nc(CN3CC=C(c5cccc(OCc6cc(F)c(C#N)s6)n5)CC3)n4C[C@@H]3CCO3)cc12. The van der Waals surface area contributed by atoms with Gasteiger partial charge in [0.15, 0.2) is 5.82 Å². The number of anilines is 1. The average molecular weight is 707 g/mol. The fraction of sp³-hybridized carbons (Fsp3) is 0.270. The summed E-state index contributed by atoms with van der Waals surface area (Å²) in [7, 11) is 0. The Kier molecular flexibility index (Phi) is 8.77. The number of nitrogens with one attached hydrogen (secondary N) is 2. The summed E-state index contributed by atoms with van der Waals surface area (Å²) in [6.45, 7) is 5.45. The van der Waals surface area contributed by atoms with Gasteiger partial charge in [0.25, 0.3) is 5.91 Å². The van der Waals surface area contributed by atoms with E-state index in [9.17, 15) is 13.6 Å². The molecule has 6 heterocycles. The number of hydrogen-bond donors (Lipinski definition) is 2. The molecule has 14 heteroatoms. The van der Waals surface area contributed by atoms with Crippen LogP contribution >= 0.6 is 11.3 Å². The first-order valence-corrected chi connectivity index (χ1v) is 17.4. The van der Waals surface area contributed by atoms with Gasteiger partial charge in [0.1, 0.15) is 34.7 Å². The molecule has 6 aromatic rings. The number of amides is 1. The van der Waals surface area contributed by atoms with Crippen LogP contribution in [0.3, 0.4) is 0 Å². The summed E-state index contributed by atoms with van der Waals surface area (Å²) in [5.74, 6) is -0.148. The van der Waals surface area contributed by atoms with Gasteiger partial charge in [-0.1, -0.05) is 12.1 Å². The number of aromatic nitrogens is 5. The van der Waals surface area contributed by atoms with Gasteiger partial charge in [-0.3, -0.25) is 14.8 Å². The largest absolute Gasteiger partial charge is 0.472 e. The minimum Gasteiger partial charge on any atom is -0.472 e. The van der Waals surface area contributed by atoms with Crippen LogP contribution < -0.4 is 10.1 Å². The molecular weight excluding hydrogens is 675 g/mol. The Balaban J connectivity index is 0.966. The predicted molar refractivity (Wildman–Crippen MR) is 188 cm³/mol. The van der Waals surface area contributed by atoms with Crippen molar-refractivity contribution in [3.8, 4) is 11.9 Å². The molecule has 0 aliphatic carbocycles. The number of aromatic amines is 1. The summed E-state index contributed by atoms with van der Waals surface area (Å²) in [4.78, 5) is 25.9. The number of benzene rings is 2. The van der Waals surface area contributed by atoms with Crippen molar-refractivity contribution in [2.24, 2.45) is 0 Å². The Morgan fingerprint density at radius 1 is 1.18 bits per heavy atom. The molecular formula is C37H32F2N8O3S. The fourth-order valence-corrected chi connectivity index (χ4v) is 7.17. The molecule has 8 rings (SSSR count). The molecule has 0 bridgehead atoms. The van der Waals surface area contributed by atoms with Crippen LogP contribution in [0.2, 0.25) is 0 Å². The number of thiophene rings is 1. The van der Waals surface area contributed by atoms with Crippen molar-refractivity contribution in [2.75, 3.05) is 25.0 Å². The monoisotopic (exact) mass is 706 g/mol. The van der Waals surface area contributed by atoms with E-state index in [1.165, 1.54) is 12.1 Å². The topological polar surface area (TPSA) is 134 Å². The van der Waals surface area contributed by atoms with E-state index in [2.05, 4.69) is 36.0 Å². The third-order valence-electron chi connectivity index (χ3n) is 9.25. The van der Waals surface area contributed by atoms with Gasteiger partial charge in [0, 0.05) is 47.3 Å². The first-order valence-electron chi connectivity index (χ1n) is 16.6. The number of carbonyl (C=O) groups is 1. The lowest BCUT2D eigenvalue weighted by molar-refractivity contribution is -0.0591. The van der Waals surface area contributed by atoms with E-state index in [0.717, 1.165) is 65.5 Å². The first-order chi connectivity index (χ1) is 24.8. The number of imidazole rings is 1. The van der Waals surface area contributed by atoms with Gasteiger partial charge >= 0.3 is 0 Å². The highest BCUT2D eigenvalue weighted by atomic mass is 32.1. The van der Waals surface area contributed by atoms with Crippen LogP contribution in [0.1, 0.15) is 50.2 Å². The number of nitrogens with zero attached hydrogens (tertiary/aromatic N) is 6. The van der Waals surface area contributed by atoms with Crippen molar-refractivity contribution in [2.45, 2.75) is 45.6 Å². The van der Waals surface area contributed by atoms with Crippen molar-refractivity contribution in [3.05, 3.63) is 105 Å². The minimum absolute atomic E-state index is 0.0436. The normalized spacial score (nSPS) is 16.2. The van der Waals surface area contributed by atoms with Gasteiger partial charge in [-0.15, -0.1) is 11.3 Å². The summed E-state index contributed by atoms with van der Waals surface area (Å²) < 4.78 is 42.3. The zero-order valence-electron chi connectivity index (χ0n) is 27.6. The van der Waals surface area contributed by atoms with Gasteiger partial charge in [0.05, 0.1) is 41.6 Å². The van der Waals surface area contributed by atoms with E-state index in [1.807, 2.05) is 36.4 Å². The molecule has 51 heavy (non-hydrogen) atoms. The summed E-state index contributed by atoms with van der Waals surface area (Å²) in [6.07, 6.45) is 4.06. The van der Waals surface area contributed by atoms with E-state index >= 15 is 0 Å². The van der Waals surface area contributed by atoms with Crippen molar-refractivity contribution in [3.63, 3.8) is 0 Å². The van der Waals surface area contributed by atoms with Crippen molar-refractivity contribution >= 4 is 50.4 Å². The molecule has 2 N–H and O–H groups in total. The molecule has 0 saturated carbocycles. The Bertz CT molecular complexity index is 2370. The highest BCUT2D eigenvalue weighted by molar-refractivity contribution is 7.12. The molecule has 1 fully saturated rings. The van der Waals surface area contributed by atoms with E-state index in [-0.39, 0.29) is 28.7 Å². The van der Waals surface area contributed by atoms with Crippen molar-refractivity contribution < 1.29 is 23.0 Å². The molecule has 2 aromatic carbocycles. The predicted octanol–water partition coefficient (Wildman–Crippen LogP) is 6.74. The second kappa shape index (κ2) is 13.7. The number of halogens is 2. The Labute approximate surface area is 295 Å². The average Bonchev–Trinajstić information content (AvgIpc) is 3.79. The van der Waals surface area contributed by atoms with E-state index in [1.54, 1.807) is 19.1 Å². The van der Waals surface area contributed by atoms with Gasteiger partial charge in [-0.2, -0.15) is 10.4 Å². The molecule has 2 aliphatic rings. The van der Waals surface area contributed by atoms with Gasteiger partial charge in [-0.25, -0.2) is 18.7 Å². The molecule has 1 atom stereocenters. The number of rotatable bonds is 10. The van der Waals surface area contributed by atoms with Crippen molar-refractivity contribution in [1.82, 2.24) is 29.6 Å². The van der Waals surface area contributed by atoms with E-state index < -0.39 is 17.5 Å². The lowest BCUT2D eigenvalue weighted by atomic mass is 10.0. The maximum atomic E-state index is 14.7. The second-order valence-corrected chi connectivity index (χ2v) is 13.8. The van der Waals surface area contributed by atoms with Crippen LogP contribution in [0.15, 0.2) is 60.7 Å². The van der Waals surface area contributed by atoms with Crippen LogP contribution in [0.25, 0.3) is 27.5 Å². The van der Waals surface area contributed by atoms with Crippen molar-refractivity contribution in [1.29, 1.82) is 5.26 Å². The van der Waals surface area contributed by atoms with Gasteiger partial charge in [0.2, 0.25) is 5.88 Å². The number of H-pyrrole nitrogens is 1. The summed E-state index contributed by atoms with van der Waals surface area (Å²) in [5.41, 5.74) is 5.30. The fourth-order valence-electron chi connectivity index (χ4n) is 6.42. The number of hydrogen-bond acceptors (Lipinski definition) is 9. The number of ether oxygens (including phenoxy) is 2. The van der Waals surface area contributed by atoms with Crippen LogP contribution in [-0.4, -0.2) is 61.3 Å². The quantitative estimate of drug-likeness (QED) is 0.160. The molecule has 258 valence electrons. The van der Waals surface area contributed by atoms with E-state index in [4.69, 9.17) is 19.7 Å². The molecule has 1 amide bonds. The standard InChI is InChI=1S/C37H32F2N8O3S/c1-21-27-13-23(14-29(39)36(27)45-44-21)37(48)41-24-5-6-32-31(15-24)42-34(47(32)18-25-9-12-49-25)19-46-10-7-22(8-11-46)30-3-2-4-35(43-30)50-20-26-16-28(38)33(17-40)51-26/h2-7,13-16,25H,8-12,18-20H2,1H3,(H,41,48)(H,44,45)/t25-/m0/s1. The van der Waals surface area contributed by atoms with Crippen LogP contribution in [0, 0.1) is 29.9 Å². The van der Waals surface area contributed by atoms with Gasteiger partial charge in [-0.05, 0) is 67.8 Å². The third kappa shape index (κ3) is 6.71. The van der Waals surface area contributed by atoms with Crippen LogP contribution in [0.4, 0.5) is 14.5 Å². The zero-order valence-corrected chi connectivity index (χ0v) is 28.4. The minimum atomic E-state index is -0.533. The summed E-state index contributed by atoms with van der Waals surface area (Å²) in [6, 6.07) is 17.3. The Hall–Kier alpha value is -5.49. The molecule has 2 aliphatic heterocycles. The summed E-state index contributed by atoms with van der Waals surface area (Å²) >= 11 is 1.07. The molecule has 1 saturated heterocycles. The van der Waals surface area contributed by atoms with Crippen LogP contribution in [0.5, 0.6) is 5.88 Å². The highest BCUT2D eigenvalue weighted by Crippen LogP contribution is 2.29. The molecule has 0 spiro atoms. The van der Waals surface area contributed by atoms with Crippen LogP contribution in [-0.2, 0) is 24.4 Å². The van der Waals surface area contributed by atoms with Gasteiger partial charge < -0.3 is 19.4 Å². The smallest absolute Gasteiger partial charge is 0.255 e. The lowest BCUT2D eigenvalue weighted by Crippen LogP contribution is -2.33. The molecule has 11 nitrogen and oxygen atoms in total. The summed E-state index contributed by atoms with van der Waals surface area (Å²) in [5, 5.41) is 19.2. The highest BCUT2D eigenvalue weighted by Gasteiger charge is 2.24. The third-order valence-corrected chi connectivity index (χ3v) is 10.2. The first kappa shape index (κ1) is 32.7. The van der Waals surface area contributed by atoms with E-state index in [0.29, 0.717) is 47.2 Å². The molecule has 0 unspecified atom stereocenters. The molecule has 0 radical (unpaired) electrons. The lowest BCUT2D eigenvalue weighted by Gasteiger charge is -2.29. The Morgan fingerprint density at radius 3 is 2.82 bits per heavy atom. The number of carbonyl (C=O) groups excluding carboxylic acids is 1.